The first-order valence-electron chi connectivity index (χ1n) is 13.3. The molecule has 9 heteroatoms. The van der Waals surface area contributed by atoms with Crippen LogP contribution >= 0.6 is 0 Å². The van der Waals surface area contributed by atoms with Gasteiger partial charge in [0, 0.05) is 32.7 Å². The Balaban J connectivity index is 1.27. The third-order valence-corrected chi connectivity index (χ3v) is 8.50. The second-order valence-corrected chi connectivity index (χ2v) is 12.5. The zero-order chi connectivity index (χ0) is 25.7. The minimum Gasteiger partial charge on any atom is -0.444 e. The largest absolute Gasteiger partial charge is 0.444 e. The van der Waals surface area contributed by atoms with Crippen molar-refractivity contribution in [3.63, 3.8) is 0 Å². The van der Waals surface area contributed by atoms with Crippen molar-refractivity contribution in [2.24, 2.45) is 23.2 Å². The van der Waals surface area contributed by atoms with Crippen LogP contribution in [-0.4, -0.2) is 60.1 Å². The predicted molar refractivity (Wildman–Crippen MR) is 136 cm³/mol. The molecule has 4 saturated carbocycles. The molecule has 36 heavy (non-hydrogen) atoms. The molecule has 2 amide bonds. The lowest BCUT2D eigenvalue weighted by Gasteiger charge is -2.56. The van der Waals surface area contributed by atoms with Crippen molar-refractivity contribution in [2.45, 2.75) is 64.9 Å². The number of ether oxygens (including phenoxy) is 1. The second-order valence-electron chi connectivity index (χ2n) is 12.5. The highest BCUT2D eigenvalue weighted by atomic mass is 16.6. The number of para-hydroxylation sites is 1. The van der Waals surface area contributed by atoms with E-state index in [0.717, 1.165) is 17.8 Å². The van der Waals surface area contributed by atoms with Crippen LogP contribution in [0.15, 0.2) is 18.2 Å². The number of nitro groups is 1. The third-order valence-electron chi connectivity index (χ3n) is 8.50. The summed E-state index contributed by atoms with van der Waals surface area (Å²) in [5, 5.41) is 15.3. The Morgan fingerprint density at radius 3 is 2.17 bits per heavy atom. The van der Waals surface area contributed by atoms with Gasteiger partial charge in [-0.1, -0.05) is 6.07 Å². The molecule has 6 rings (SSSR count). The molecule has 0 spiro atoms. The summed E-state index contributed by atoms with van der Waals surface area (Å²) in [6.07, 6.45) is 7.14. The van der Waals surface area contributed by atoms with Crippen molar-refractivity contribution in [1.29, 1.82) is 0 Å². The molecule has 1 aliphatic heterocycles. The molecule has 196 valence electrons. The summed E-state index contributed by atoms with van der Waals surface area (Å²) in [5.41, 5.74) is -0.0473. The molecule has 1 heterocycles. The molecule has 1 aromatic carbocycles. The van der Waals surface area contributed by atoms with E-state index in [-0.39, 0.29) is 28.7 Å². The maximum Gasteiger partial charge on any atom is 0.410 e. The maximum absolute atomic E-state index is 13.3. The lowest BCUT2D eigenvalue weighted by molar-refractivity contribution is -0.384. The topological polar surface area (TPSA) is 105 Å². The van der Waals surface area contributed by atoms with E-state index in [1.165, 1.54) is 38.5 Å². The van der Waals surface area contributed by atoms with Gasteiger partial charge in [0.15, 0.2) is 0 Å². The summed E-state index contributed by atoms with van der Waals surface area (Å²) in [4.78, 5) is 40.9. The molecule has 0 aromatic heterocycles. The summed E-state index contributed by atoms with van der Waals surface area (Å²) in [7, 11) is 0. The van der Waals surface area contributed by atoms with E-state index < -0.39 is 10.5 Å². The van der Waals surface area contributed by atoms with Gasteiger partial charge >= 0.3 is 11.8 Å². The Bertz CT molecular complexity index is 1010. The Morgan fingerprint density at radius 1 is 1.06 bits per heavy atom. The summed E-state index contributed by atoms with van der Waals surface area (Å²) in [5.74, 6) is 1.98. The Hall–Kier alpha value is -2.84. The number of nitro benzene ring substituents is 1. The first kappa shape index (κ1) is 24.8. The van der Waals surface area contributed by atoms with Crippen molar-refractivity contribution in [3.8, 4) is 0 Å². The smallest absolute Gasteiger partial charge is 0.410 e. The van der Waals surface area contributed by atoms with Crippen molar-refractivity contribution in [2.75, 3.05) is 37.6 Å². The van der Waals surface area contributed by atoms with Crippen molar-refractivity contribution < 1.29 is 19.2 Å². The zero-order valence-corrected chi connectivity index (χ0v) is 21.6. The minimum absolute atomic E-state index is 0.108. The summed E-state index contributed by atoms with van der Waals surface area (Å²) in [6.45, 7) is 7.73. The summed E-state index contributed by atoms with van der Waals surface area (Å²) in [6, 6.07) is 4.95. The fraction of sp³-hybridized carbons (Fsp3) is 0.704. The Kier molecular flexibility index (Phi) is 6.37. The fourth-order valence-corrected chi connectivity index (χ4v) is 7.49. The first-order valence-corrected chi connectivity index (χ1v) is 13.3. The second kappa shape index (κ2) is 9.23. The van der Waals surface area contributed by atoms with Gasteiger partial charge in [-0.25, -0.2) is 4.79 Å². The number of nitrogens with zero attached hydrogens (tertiary/aromatic N) is 3. The van der Waals surface area contributed by atoms with Gasteiger partial charge in [-0.3, -0.25) is 14.9 Å². The molecule has 1 aromatic rings. The lowest BCUT2D eigenvalue weighted by atomic mass is 9.49. The highest BCUT2D eigenvalue weighted by molar-refractivity contribution is 6.00. The van der Waals surface area contributed by atoms with Gasteiger partial charge in [0.1, 0.15) is 16.9 Å². The van der Waals surface area contributed by atoms with Gasteiger partial charge in [0.2, 0.25) is 0 Å². The van der Waals surface area contributed by atoms with Gasteiger partial charge in [0.05, 0.1) is 4.92 Å². The number of carbonyl (C=O) groups excluding carboxylic acids is 2. The number of benzene rings is 1. The van der Waals surface area contributed by atoms with Crippen LogP contribution in [0.1, 0.15) is 69.7 Å². The highest BCUT2D eigenvalue weighted by Gasteiger charge is 2.50. The Morgan fingerprint density at radius 2 is 1.64 bits per heavy atom. The molecule has 4 aliphatic carbocycles. The third kappa shape index (κ3) is 5.02. The molecule has 4 bridgehead atoms. The van der Waals surface area contributed by atoms with Gasteiger partial charge in [-0.15, -0.1) is 0 Å². The molecule has 5 fully saturated rings. The standard InChI is InChI=1S/C27H38N4O5/c1-26(2,3)36-25(33)30-9-7-29(8-10-30)22-6-4-5-21(23(22)31(34)35)24(32)28-17-27-14-18-11-19(15-27)13-20(12-18)16-27/h4-6,18-20H,7-17H2,1-3H3,(H,28,32). The maximum atomic E-state index is 13.3. The quantitative estimate of drug-likeness (QED) is 0.470. The van der Waals surface area contributed by atoms with Crippen molar-refractivity contribution in [1.82, 2.24) is 10.2 Å². The first-order chi connectivity index (χ1) is 17.0. The zero-order valence-electron chi connectivity index (χ0n) is 21.6. The number of nitrogens with one attached hydrogen (secondary N) is 1. The number of hydrogen-bond donors (Lipinski definition) is 1. The van der Waals surface area contributed by atoms with Crippen LogP contribution in [-0.2, 0) is 4.74 Å². The monoisotopic (exact) mass is 498 g/mol. The number of anilines is 1. The summed E-state index contributed by atoms with van der Waals surface area (Å²) >= 11 is 0. The van der Waals surface area contributed by atoms with E-state index in [1.807, 2.05) is 25.7 Å². The Labute approximate surface area is 212 Å². The van der Waals surface area contributed by atoms with Gasteiger partial charge in [-0.05, 0) is 94.6 Å². The number of piperazine rings is 1. The van der Waals surface area contributed by atoms with Gasteiger partial charge in [0.25, 0.3) is 5.91 Å². The van der Waals surface area contributed by atoms with Crippen LogP contribution in [0.5, 0.6) is 0 Å². The van der Waals surface area contributed by atoms with Crippen molar-refractivity contribution in [3.05, 3.63) is 33.9 Å². The molecule has 1 saturated heterocycles. The number of amides is 2. The van der Waals surface area contributed by atoms with E-state index in [0.29, 0.717) is 38.4 Å². The minimum atomic E-state index is -0.579. The van der Waals surface area contributed by atoms with Crippen LogP contribution < -0.4 is 10.2 Å². The van der Waals surface area contributed by atoms with E-state index in [1.54, 1.807) is 23.1 Å². The van der Waals surface area contributed by atoms with Crippen LogP contribution in [0.3, 0.4) is 0 Å². The number of rotatable bonds is 5. The molecule has 1 N–H and O–H groups in total. The van der Waals surface area contributed by atoms with Crippen molar-refractivity contribution >= 4 is 23.4 Å². The molecule has 5 aliphatic rings. The average molecular weight is 499 g/mol. The number of carbonyl (C=O) groups is 2. The highest BCUT2D eigenvalue weighted by Crippen LogP contribution is 2.59. The van der Waals surface area contributed by atoms with E-state index >= 15 is 0 Å². The van der Waals surface area contributed by atoms with Crippen LogP contribution in [0, 0.1) is 33.3 Å². The van der Waals surface area contributed by atoms with Crippen LogP contribution in [0.4, 0.5) is 16.2 Å². The molecular formula is C27H38N4O5. The molecule has 0 radical (unpaired) electrons. The van der Waals surface area contributed by atoms with E-state index in [2.05, 4.69) is 5.32 Å². The normalized spacial score (nSPS) is 29.2. The van der Waals surface area contributed by atoms with Gasteiger partial charge < -0.3 is 19.9 Å². The SMILES string of the molecule is CC(C)(C)OC(=O)N1CCN(c2cccc(C(=O)NCC34CC5CC(CC(C5)C3)C4)c2[N+](=O)[O-])CC1. The predicted octanol–water partition coefficient (Wildman–Crippen LogP) is 4.60. The summed E-state index contributed by atoms with van der Waals surface area (Å²) < 4.78 is 5.45. The van der Waals surface area contributed by atoms with E-state index in [4.69, 9.17) is 4.74 Å². The molecular weight excluding hydrogens is 460 g/mol. The fourth-order valence-electron chi connectivity index (χ4n) is 7.49. The van der Waals surface area contributed by atoms with E-state index in [9.17, 15) is 19.7 Å². The van der Waals surface area contributed by atoms with Gasteiger partial charge in [-0.2, -0.15) is 0 Å². The van der Waals surface area contributed by atoms with Crippen LogP contribution in [0.2, 0.25) is 0 Å². The number of hydrogen-bond acceptors (Lipinski definition) is 6. The van der Waals surface area contributed by atoms with Crippen LogP contribution in [0.25, 0.3) is 0 Å². The average Bonchev–Trinajstić information content (AvgIpc) is 2.80. The molecule has 0 atom stereocenters. The molecule has 0 unspecified atom stereocenters. The molecule has 9 nitrogen and oxygen atoms in total. The lowest BCUT2D eigenvalue weighted by Crippen LogP contribution is -2.51.